The van der Waals surface area contributed by atoms with Gasteiger partial charge in [0, 0.05) is 0 Å². The van der Waals surface area contributed by atoms with Crippen LogP contribution >= 0.6 is 11.6 Å². The van der Waals surface area contributed by atoms with Crippen LogP contribution in [0.3, 0.4) is 0 Å². The van der Waals surface area contributed by atoms with Crippen LogP contribution in [0.15, 0.2) is 24.5 Å². The van der Waals surface area contributed by atoms with Crippen molar-refractivity contribution in [3.63, 3.8) is 0 Å². The molecule has 0 amide bonds. The molecule has 1 aliphatic carbocycles. The van der Waals surface area contributed by atoms with Gasteiger partial charge in [0.1, 0.15) is 0 Å². The van der Waals surface area contributed by atoms with Crippen molar-refractivity contribution < 1.29 is 4.39 Å². The first-order chi connectivity index (χ1) is 10.7. The van der Waals surface area contributed by atoms with Gasteiger partial charge in [-0.1, -0.05) is 0 Å². The molecular weight excluding hydrogens is 368 g/mol. The second-order valence-electron chi connectivity index (χ2n) is 5.36. The Hall–Kier alpha value is -1.42. The third kappa shape index (κ3) is 2.43. The van der Waals surface area contributed by atoms with Gasteiger partial charge < -0.3 is 0 Å². The zero-order valence-corrected chi connectivity index (χ0v) is 14.2. The second kappa shape index (κ2) is 5.65. The maximum absolute atomic E-state index is 13.3. The molecule has 3 aromatic rings. The molecule has 0 fully saturated rings. The topological polar surface area (TPSA) is 37.8 Å². The fraction of sp³-hybridized carbons (Fsp3) is 0.250. The molecule has 4 rings (SSSR count). The first-order valence-electron chi connectivity index (χ1n) is 7.19. The number of halogens is 2. The maximum atomic E-state index is 13.3. The van der Waals surface area contributed by atoms with E-state index in [1.54, 1.807) is 22.9 Å². The van der Waals surface area contributed by atoms with Crippen molar-refractivity contribution >= 4 is 47.4 Å². The molecule has 0 spiro atoms. The summed E-state index contributed by atoms with van der Waals surface area (Å²) >= 11 is 6.13. The van der Waals surface area contributed by atoms with Gasteiger partial charge in [0.2, 0.25) is 0 Å². The Morgan fingerprint density at radius 2 is 2.05 bits per heavy atom. The Balaban J connectivity index is 1.78. The van der Waals surface area contributed by atoms with E-state index in [1.807, 2.05) is 0 Å². The summed E-state index contributed by atoms with van der Waals surface area (Å²) < 4.78 is 16.0. The van der Waals surface area contributed by atoms with Gasteiger partial charge in [-0.3, -0.25) is 0 Å². The van der Waals surface area contributed by atoms with Gasteiger partial charge in [0.05, 0.1) is 0 Å². The quantitative estimate of drug-likeness (QED) is 0.680. The Bertz CT molecular complexity index is 862. The first kappa shape index (κ1) is 14.2. The molecule has 0 radical (unpaired) electrons. The van der Waals surface area contributed by atoms with Gasteiger partial charge in [-0.05, 0) is 0 Å². The minimum atomic E-state index is -0.415. The first-order valence-corrected chi connectivity index (χ1v) is 9.29. The normalized spacial score (nSPS) is 14.1. The molecule has 0 aliphatic heterocycles. The van der Waals surface area contributed by atoms with Crippen molar-refractivity contribution in [1.82, 2.24) is 9.97 Å². The molecule has 1 aliphatic rings. The SMILES string of the molecule is Fc1ccc(Nc2ncnc3c4c([se]c23)CCCC4)cc1Cl. The van der Waals surface area contributed by atoms with Crippen molar-refractivity contribution in [2.75, 3.05) is 5.32 Å². The van der Waals surface area contributed by atoms with Gasteiger partial charge in [-0.2, -0.15) is 0 Å². The van der Waals surface area contributed by atoms with Crippen LogP contribution in [0.25, 0.3) is 9.78 Å². The van der Waals surface area contributed by atoms with Gasteiger partial charge in [-0.15, -0.1) is 0 Å². The monoisotopic (exact) mass is 381 g/mol. The molecule has 3 nitrogen and oxygen atoms in total. The third-order valence-corrected chi connectivity index (χ3v) is 6.91. The zero-order valence-electron chi connectivity index (χ0n) is 11.7. The van der Waals surface area contributed by atoms with Crippen LogP contribution in [-0.2, 0) is 12.8 Å². The number of hydrogen-bond acceptors (Lipinski definition) is 3. The van der Waals surface area contributed by atoms with Crippen LogP contribution < -0.4 is 5.32 Å². The summed E-state index contributed by atoms with van der Waals surface area (Å²) in [5.74, 6) is 0.406. The molecule has 1 N–H and O–H groups in total. The molecule has 112 valence electrons. The summed E-state index contributed by atoms with van der Waals surface area (Å²) in [5.41, 5.74) is 3.29. The number of aryl methyl sites for hydroxylation is 2. The van der Waals surface area contributed by atoms with Gasteiger partial charge in [0.25, 0.3) is 0 Å². The molecule has 6 heteroatoms. The summed E-state index contributed by atoms with van der Waals surface area (Å²) in [6, 6.07) is 4.62. The predicted octanol–water partition coefficient (Wildman–Crippen LogP) is 4.10. The molecule has 0 saturated heterocycles. The number of fused-ring (bicyclic) bond motifs is 3. The summed E-state index contributed by atoms with van der Waals surface area (Å²) in [6.45, 7) is 0. The number of benzene rings is 1. The number of anilines is 2. The summed E-state index contributed by atoms with van der Waals surface area (Å²) in [4.78, 5) is 8.88. The van der Waals surface area contributed by atoms with E-state index in [1.165, 1.54) is 35.2 Å². The number of hydrogen-bond donors (Lipinski definition) is 1. The number of rotatable bonds is 2. The van der Waals surface area contributed by atoms with E-state index in [0.717, 1.165) is 23.4 Å². The van der Waals surface area contributed by atoms with E-state index in [2.05, 4.69) is 15.3 Å². The van der Waals surface area contributed by atoms with Crippen molar-refractivity contribution in [1.29, 1.82) is 0 Å². The fourth-order valence-corrected chi connectivity index (χ4v) is 5.73. The van der Waals surface area contributed by atoms with Crippen molar-refractivity contribution in [2.24, 2.45) is 0 Å². The molecule has 22 heavy (non-hydrogen) atoms. The van der Waals surface area contributed by atoms with Crippen molar-refractivity contribution in [2.45, 2.75) is 25.7 Å². The van der Waals surface area contributed by atoms with E-state index in [4.69, 9.17) is 11.6 Å². The predicted molar refractivity (Wildman–Crippen MR) is 87.8 cm³/mol. The molecule has 0 saturated carbocycles. The van der Waals surface area contributed by atoms with Gasteiger partial charge in [-0.25, -0.2) is 0 Å². The summed E-state index contributed by atoms with van der Waals surface area (Å²) in [5, 5.41) is 3.38. The second-order valence-corrected chi connectivity index (χ2v) is 8.09. The number of aromatic nitrogens is 2. The van der Waals surface area contributed by atoms with Gasteiger partial charge in [0.15, 0.2) is 0 Å². The molecule has 2 aromatic heterocycles. The van der Waals surface area contributed by atoms with Crippen LogP contribution in [0, 0.1) is 5.82 Å². The third-order valence-electron chi connectivity index (χ3n) is 3.91. The van der Waals surface area contributed by atoms with Crippen LogP contribution in [-0.4, -0.2) is 24.5 Å². The van der Waals surface area contributed by atoms with Crippen molar-refractivity contribution in [3.05, 3.63) is 45.4 Å². The van der Waals surface area contributed by atoms with Crippen molar-refractivity contribution in [3.8, 4) is 0 Å². The van der Waals surface area contributed by atoms with E-state index in [0.29, 0.717) is 14.5 Å². The molecule has 1 aromatic carbocycles. The molecule has 0 unspecified atom stereocenters. The fourth-order valence-electron chi connectivity index (χ4n) is 2.85. The Kier molecular flexibility index (Phi) is 3.65. The van der Waals surface area contributed by atoms with Crippen LogP contribution in [0.5, 0.6) is 0 Å². The average molecular weight is 381 g/mol. The molecular formula is C16H13ClFN3Se. The Morgan fingerprint density at radius 3 is 2.91 bits per heavy atom. The van der Waals surface area contributed by atoms with E-state index in [-0.39, 0.29) is 5.02 Å². The minimum absolute atomic E-state index is 0.110. The van der Waals surface area contributed by atoms with Crippen LogP contribution in [0.1, 0.15) is 22.8 Å². The Labute approximate surface area is 138 Å². The molecule has 2 heterocycles. The van der Waals surface area contributed by atoms with E-state index >= 15 is 0 Å². The van der Waals surface area contributed by atoms with Gasteiger partial charge >= 0.3 is 138 Å². The molecule has 0 atom stereocenters. The zero-order chi connectivity index (χ0) is 15.1. The van der Waals surface area contributed by atoms with E-state index < -0.39 is 5.82 Å². The molecule has 0 bridgehead atoms. The Morgan fingerprint density at radius 1 is 1.18 bits per heavy atom. The average Bonchev–Trinajstić information content (AvgIpc) is 2.91. The number of nitrogens with zero attached hydrogens (tertiary/aromatic N) is 2. The summed E-state index contributed by atoms with van der Waals surface area (Å²) in [7, 11) is 0. The van der Waals surface area contributed by atoms with Crippen LogP contribution in [0.2, 0.25) is 5.02 Å². The number of nitrogens with one attached hydrogen (secondary N) is 1. The standard InChI is InChI=1S/C16H13ClFN3Se/c17-11-7-9(5-6-12(11)18)21-16-15-14(19-8-20-16)10-3-1-2-4-13(10)22-15/h5-8H,1-4H2,(H,19,20,21). The van der Waals surface area contributed by atoms with Crippen LogP contribution in [0.4, 0.5) is 15.9 Å². The van der Waals surface area contributed by atoms with E-state index in [9.17, 15) is 4.39 Å². The summed E-state index contributed by atoms with van der Waals surface area (Å²) in [6.07, 6.45) is 6.44.